The lowest BCUT2D eigenvalue weighted by Crippen LogP contribution is -2.31. The van der Waals surface area contributed by atoms with Gasteiger partial charge >= 0.3 is 0 Å². The smallest absolute Gasteiger partial charge is 0.264 e. The second kappa shape index (κ2) is 10.6. The minimum Gasteiger partial charge on any atom is -0.489 e. The van der Waals surface area contributed by atoms with Gasteiger partial charge in [-0.3, -0.25) is 4.79 Å². The molecule has 30 heavy (non-hydrogen) atoms. The Kier molecular flexibility index (Phi) is 8.19. The van der Waals surface area contributed by atoms with Gasteiger partial charge in [-0.1, -0.05) is 12.1 Å². The largest absolute Gasteiger partial charge is 0.489 e. The van der Waals surface area contributed by atoms with Crippen molar-refractivity contribution in [3.8, 4) is 11.8 Å². The van der Waals surface area contributed by atoms with Crippen molar-refractivity contribution in [2.45, 2.75) is 26.8 Å². The van der Waals surface area contributed by atoms with Crippen LogP contribution in [0, 0.1) is 31.0 Å². The van der Waals surface area contributed by atoms with Crippen LogP contribution in [-0.4, -0.2) is 49.3 Å². The summed E-state index contributed by atoms with van der Waals surface area (Å²) in [5.74, 6) is -0.737. The zero-order valence-corrected chi connectivity index (χ0v) is 18.1. The van der Waals surface area contributed by atoms with Crippen LogP contribution in [0.1, 0.15) is 29.9 Å². The molecule has 0 aliphatic heterocycles. The third-order valence-corrected chi connectivity index (χ3v) is 4.89. The molecule has 1 aromatic heterocycles. The van der Waals surface area contributed by atoms with Gasteiger partial charge in [0.1, 0.15) is 18.2 Å². The molecule has 7 heteroatoms. The van der Waals surface area contributed by atoms with Crippen molar-refractivity contribution in [1.82, 2.24) is 9.47 Å². The molecule has 2 aromatic rings. The Bertz CT molecular complexity index is 959. The second-order valence-electron chi connectivity index (χ2n) is 7.18. The maximum Gasteiger partial charge on any atom is 0.264 e. The topological polar surface area (TPSA) is 67.5 Å². The summed E-state index contributed by atoms with van der Waals surface area (Å²) in [7, 11) is 3.24. The van der Waals surface area contributed by atoms with Gasteiger partial charge in [0, 0.05) is 25.5 Å². The first-order chi connectivity index (χ1) is 14.3. The molecular weight excluding hydrogens is 385 g/mol. The van der Waals surface area contributed by atoms with E-state index in [9.17, 15) is 14.4 Å². The highest BCUT2D eigenvalue weighted by atomic mass is 19.1. The number of aromatic nitrogens is 1. The maximum absolute atomic E-state index is 13.6. The van der Waals surface area contributed by atoms with E-state index in [1.807, 2.05) is 26.0 Å². The first kappa shape index (κ1) is 23.2. The molecule has 0 radical (unpaired) electrons. The summed E-state index contributed by atoms with van der Waals surface area (Å²) in [5, 5.41) is 9.53. The van der Waals surface area contributed by atoms with Gasteiger partial charge in [-0.2, -0.15) is 5.26 Å². The van der Waals surface area contributed by atoms with E-state index >= 15 is 0 Å². The van der Waals surface area contributed by atoms with Gasteiger partial charge < -0.3 is 18.9 Å². The number of carbonyl (C=O) groups excluding carboxylic acids is 1. The number of likely N-dealkylation sites (N-methyl/N-ethyl adjacent to an activating group) is 1. The lowest BCUT2D eigenvalue weighted by molar-refractivity contribution is -0.125. The van der Waals surface area contributed by atoms with Crippen LogP contribution in [0.4, 0.5) is 4.39 Å². The number of halogens is 1. The first-order valence-electron chi connectivity index (χ1n) is 9.72. The molecule has 1 aromatic carbocycles. The minimum absolute atomic E-state index is 0.0306. The van der Waals surface area contributed by atoms with Crippen LogP contribution in [0.5, 0.6) is 5.75 Å². The summed E-state index contributed by atoms with van der Waals surface area (Å²) in [6.07, 6.45) is 1.61. The number of carbonyl (C=O) groups is 1. The molecule has 0 spiro atoms. The predicted molar refractivity (Wildman–Crippen MR) is 114 cm³/mol. The fourth-order valence-electron chi connectivity index (χ4n) is 3.40. The molecule has 0 aliphatic carbocycles. The molecule has 1 amide bonds. The Morgan fingerprint density at radius 1 is 1.37 bits per heavy atom. The van der Waals surface area contributed by atoms with Crippen LogP contribution >= 0.6 is 0 Å². The summed E-state index contributed by atoms with van der Waals surface area (Å²) in [6.45, 7) is 6.89. The van der Waals surface area contributed by atoms with Gasteiger partial charge in [0.05, 0.1) is 19.2 Å². The highest BCUT2D eigenvalue weighted by molar-refractivity contribution is 6.01. The molecule has 0 aliphatic rings. The van der Waals surface area contributed by atoms with Crippen LogP contribution in [0.2, 0.25) is 0 Å². The monoisotopic (exact) mass is 413 g/mol. The average molecular weight is 413 g/mol. The van der Waals surface area contributed by atoms with E-state index < -0.39 is 11.7 Å². The number of para-hydroxylation sites is 1. The van der Waals surface area contributed by atoms with Gasteiger partial charge in [0.25, 0.3) is 5.91 Å². The van der Waals surface area contributed by atoms with Crippen molar-refractivity contribution in [3.63, 3.8) is 0 Å². The van der Waals surface area contributed by atoms with Crippen LogP contribution in [-0.2, 0) is 9.53 Å². The molecule has 0 saturated heterocycles. The van der Waals surface area contributed by atoms with E-state index in [0.29, 0.717) is 6.61 Å². The van der Waals surface area contributed by atoms with Crippen molar-refractivity contribution < 1.29 is 18.7 Å². The third kappa shape index (κ3) is 5.49. The molecule has 1 unspecified atom stereocenters. The minimum atomic E-state index is -0.456. The van der Waals surface area contributed by atoms with Gasteiger partial charge in [0.15, 0.2) is 11.6 Å². The van der Waals surface area contributed by atoms with Crippen molar-refractivity contribution in [2.75, 3.05) is 33.9 Å². The van der Waals surface area contributed by atoms with Crippen LogP contribution < -0.4 is 4.74 Å². The van der Waals surface area contributed by atoms with E-state index in [4.69, 9.17) is 9.47 Å². The molecule has 1 atom stereocenters. The number of nitrogens with zero attached hydrogens (tertiary/aromatic N) is 3. The van der Waals surface area contributed by atoms with E-state index in [-0.39, 0.29) is 30.5 Å². The SMILES string of the molecule is COCC(C)n1c(C)cc(/C=C(/C#N)C(=O)N(C)CCOc2ccccc2F)c1C. The predicted octanol–water partition coefficient (Wildman–Crippen LogP) is 3.90. The third-order valence-electron chi connectivity index (χ3n) is 4.89. The molecule has 6 nitrogen and oxygen atoms in total. The molecule has 0 fully saturated rings. The number of hydrogen-bond donors (Lipinski definition) is 0. The Hall–Kier alpha value is -3.11. The number of rotatable bonds is 9. The number of ether oxygens (including phenoxy) is 2. The Morgan fingerprint density at radius 3 is 2.70 bits per heavy atom. The highest BCUT2D eigenvalue weighted by Crippen LogP contribution is 2.23. The van der Waals surface area contributed by atoms with Gasteiger partial charge in [-0.05, 0) is 50.6 Å². The molecule has 0 bridgehead atoms. The zero-order valence-electron chi connectivity index (χ0n) is 18.1. The van der Waals surface area contributed by atoms with Crippen LogP contribution in [0.25, 0.3) is 6.08 Å². The molecule has 2 rings (SSSR count). The fourth-order valence-corrected chi connectivity index (χ4v) is 3.40. The van der Waals surface area contributed by atoms with Gasteiger partial charge in [-0.25, -0.2) is 4.39 Å². The molecule has 1 heterocycles. The molecule has 160 valence electrons. The highest BCUT2D eigenvalue weighted by Gasteiger charge is 2.18. The fraction of sp³-hybridized carbons (Fsp3) is 0.391. The first-order valence-corrected chi connectivity index (χ1v) is 9.72. The Balaban J connectivity index is 2.10. The van der Waals surface area contributed by atoms with Crippen molar-refractivity contribution in [2.24, 2.45) is 0 Å². The maximum atomic E-state index is 13.6. The quantitative estimate of drug-likeness (QED) is 0.462. The number of aryl methyl sites for hydroxylation is 1. The summed E-state index contributed by atoms with van der Waals surface area (Å²) >= 11 is 0. The summed E-state index contributed by atoms with van der Waals surface area (Å²) in [5.41, 5.74) is 2.84. The number of benzene rings is 1. The molecule has 0 N–H and O–H groups in total. The summed E-state index contributed by atoms with van der Waals surface area (Å²) in [4.78, 5) is 14.1. The Morgan fingerprint density at radius 2 is 2.07 bits per heavy atom. The number of hydrogen-bond acceptors (Lipinski definition) is 4. The van der Waals surface area contributed by atoms with Crippen molar-refractivity contribution in [1.29, 1.82) is 5.26 Å². The summed E-state index contributed by atoms with van der Waals surface area (Å²) in [6, 6.07) is 10.2. The molecular formula is C23H28FN3O3. The van der Waals surface area contributed by atoms with E-state index in [2.05, 4.69) is 11.5 Å². The normalized spacial score (nSPS) is 12.4. The van der Waals surface area contributed by atoms with Crippen molar-refractivity contribution >= 4 is 12.0 Å². The number of amides is 1. The van der Waals surface area contributed by atoms with Crippen LogP contribution in [0.15, 0.2) is 35.9 Å². The van der Waals surface area contributed by atoms with Gasteiger partial charge in [-0.15, -0.1) is 0 Å². The summed E-state index contributed by atoms with van der Waals surface area (Å²) < 4.78 is 26.4. The van der Waals surface area contributed by atoms with Gasteiger partial charge in [0.2, 0.25) is 0 Å². The number of nitriles is 1. The van der Waals surface area contributed by atoms with E-state index in [0.717, 1.165) is 17.0 Å². The zero-order chi connectivity index (χ0) is 22.3. The number of methoxy groups -OCH3 is 1. The average Bonchev–Trinajstić information content (AvgIpc) is 3.00. The standard InChI is InChI=1S/C23H28FN3O3/c1-16-12-19(18(3)27(16)17(2)15-29-5)13-20(14-25)23(28)26(4)10-11-30-22-9-7-6-8-21(22)24/h6-9,12-13,17H,10-11,15H2,1-5H3/b20-13-. The lowest BCUT2D eigenvalue weighted by atomic mass is 10.1. The second-order valence-corrected chi connectivity index (χ2v) is 7.18. The van der Waals surface area contributed by atoms with Crippen molar-refractivity contribution in [3.05, 3.63) is 58.7 Å². The van der Waals surface area contributed by atoms with Crippen LogP contribution in [0.3, 0.4) is 0 Å². The lowest BCUT2D eigenvalue weighted by Gasteiger charge is -2.18. The van der Waals surface area contributed by atoms with E-state index in [1.165, 1.54) is 17.0 Å². The Labute approximate surface area is 177 Å². The molecule has 0 saturated carbocycles. The van der Waals surface area contributed by atoms with E-state index in [1.54, 1.807) is 32.4 Å².